The molecule has 1 aliphatic heterocycles. The van der Waals surface area contributed by atoms with Gasteiger partial charge in [0.2, 0.25) is 0 Å². The fraction of sp³-hybridized carbons (Fsp3) is 0.708. The first kappa shape index (κ1) is 28.0. The SMILES string of the molecule is CC(=Nc1ccccc1C(F)(F)F)C1CCC(CCC2C(C)C(C)C(C)C2C)[N-]1.[Cl][Ni+][Cl]. The van der Waals surface area contributed by atoms with Gasteiger partial charge in [0.1, 0.15) is 0 Å². The van der Waals surface area contributed by atoms with Crippen LogP contribution in [0.1, 0.15) is 65.9 Å². The van der Waals surface area contributed by atoms with Crippen LogP contribution in [0.25, 0.3) is 5.32 Å². The maximum atomic E-state index is 13.2. The molecule has 6 unspecified atom stereocenters. The molecule has 0 amide bonds. The first-order valence-corrected chi connectivity index (χ1v) is 14.0. The summed E-state index contributed by atoms with van der Waals surface area (Å²) in [5.41, 5.74) is 0.00289. The Balaban J connectivity index is 0.00000114. The van der Waals surface area contributed by atoms with E-state index in [1.807, 2.05) is 6.92 Å². The van der Waals surface area contributed by atoms with Crippen molar-refractivity contribution in [1.29, 1.82) is 0 Å². The van der Waals surface area contributed by atoms with Gasteiger partial charge in [0, 0.05) is 0 Å². The van der Waals surface area contributed by atoms with Gasteiger partial charge in [-0.3, -0.25) is 4.99 Å². The molecule has 2 fully saturated rings. The van der Waals surface area contributed by atoms with Crippen molar-refractivity contribution >= 4 is 31.8 Å². The summed E-state index contributed by atoms with van der Waals surface area (Å²) in [5, 5.41) is 4.91. The fourth-order valence-electron chi connectivity index (χ4n) is 5.49. The Hall–Kier alpha value is -0.286. The number of benzene rings is 1. The van der Waals surface area contributed by atoms with Crippen LogP contribution in [0.5, 0.6) is 0 Å². The molecule has 3 rings (SSSR count). The predicted molar refractivity (Wildman–Crippen MR) is 125 cm³/mol. The molecule has 1 heterocycles. The van der Waals surface area contributed by atoms with Crippen LogP contribution in [0.15, 0.2) is 29.3 Å². The van der Waals surface area contributed by atoms with Gasteiger partial charge in [-0.25, -0.2) is 0 Å². The molecule has 0 aromatic heterocycles. The number of rotatable bonds is 5. The van der Waals surface area contributed by atoms with Crippen molar-refractivity contribution in [2.45, 2.75) is 78.6 Å². The zero-order valence-corrected chi connectivity index (χ0v) is 21.8. The van der Waals surface area contributed by atoms with Crippen molar-refractivity contribution in [2.24, 2.45) is 34.6 Å². The van der Waals surface area contributed by atoms with Crippen LogP contribution in [-0.2, 0) is 18.8 Å². The molecule has 2 aliphatic rings. The molecule has 2 nitrogen and oxygen atoms in total. The quantitative estimate of drug-likeness (QED) is 0.265. The summed E-state index contributed by atoms with van der Waals surface area (Å²) in [6, 6.07) is 5.78. The Labute approximate surface area is 205 Å². The Bertz CT molecular complexity index is 745. The third-order valence-electron chi connectivity index (χ3n) is 7.82. The molecule has 0 N–H and O–H groups in total. The maximum absolute atomic E-state index is 13.2. The zero-order valence-electron chi connectivity index (χ0n) is 19.3. The summed E-state index contributed by atoms with van der Waals surface area (Å²) in [6.07, 6.45) is -0.207. The van der Waals surface area contributed by atoms with Crippen molar-refractivity contribution in [1.82, 2.24) is 0 Å². The minimum atomic E-state index is -4.39. The van der Waals surface area contributed by atoms with Crippen LogP contribution in [-0.4, -0.2) is 17.8 Å². The minimum absolute atomic E-state index is 0.00673. The molecule has 0 radical (unpaired) electrons. The molecule has 6 atom stereocenters. The van der Waals surface area contributed by atoms with Gasteiger partial charge in [0.25, 0.3) is 0 Å². The second kappa shape index (κ2) is 12.4. The summed E-state index contributed by atoms with van der Waals surface area (Å²) in [5.74, 6) is 3.79. The van der Waals surface area contributed by atoms with E-state index in [1.54, 1.807) is 6.07 Å². The van der Waals surface area contributed by atoms with Gasteiger partial charge in [-0.15, -0.1) is 6.04 Å². The van der Waals surface area contributed by atoms with Gasteiger partial charge in [0.15, 0.2) is 0 Å². The monoisotopic (exact) mass is 535 g/mol. The number of aliphatic imine (C=N–C) groups is 1. The number of hydrogen-bond acceptors (Lipinski definition) is 1. The van der Waals surface area contributed by atoms with Crippen LogP contribution in [0.2, 0.25) is 0 Å². The van der Waals surface area contributed by atoms with E-state index < -0.39 is 11.7 Å². The molecule has 0 bridgehead atoms. The predicted octanol–water partition coefficient (Wildman–Crippen LogP) is 9.03. The first-order valence-electron chi connectivity index (χ1n) is 11.2. The molecule has 32 heavy (non-hydrogen) atoms. The van der Waals surface area contributed by atoms with Crippen LogP contribution in [0, 0.1) is 29.6 Å². The van der Waals surface area contributed by atoms with Crippen molar-refractivity contribution in [3.63, 3.8) is 0 Å². The van der Waals surface area contributed by atoms with Gasteiger partial charge in [0.05, 0.1) is 11.3 Å². The topological polar surface area (TPSA) is 26.5 Å². The molecule has 1 saturated heterocycles. The van der Waals surface area contributed by atoms with Gasteiger partial charge in [-0.05, 0) is 54.4 Å². The summed E-state index contributed by atoms with van der Waals surface area (Å²) in [7, 11) is 9.40. The molecular weight excluding hydrogens is 503 g/mol. The number of para-hydroxylation sites is 1. The second-order valence-electron chi connectivity index (χ2n) is 9.39. The van der Waals surface area contributed by atoms with Crippen molar-refractivity contribution in [3.8, 4) is 0 Å². The first-order chi connectivity index (χ1) is 15.0. The molecule has 1 saturated carbocycles. The fourth-order valence-corrected chi connectivity index (χ4v) is 5.49. The Morgan fingerprint density at radius 1 is 1.00 bits per heavy atom. The van der Waals surface area contributed by atoms with Crippen molar-refractivity contribution in [2.75, 3.05) is 0 Å². The molecule has 1 aromatic carbocycles. The third-order valence-corrected chi connectivity index (χ3v) is 7.82. The number of halogens is 5. The van der Waals surface area contributed by atoms with E-state index in [9.17, 15) is 13.2 Å². The number of nitrogens with zero attached hydrogens (tertiary/aromatic N) is 2. The molecule has 1 aromatic rings. The summed E-state index contributed by atoms with van der Waals surface area (Å²) >= 11 is 0.569. The molecule has 1 aliphatic carbocycles. The average molecular weight is 537 g/mol. The van der Waals surface area contributed by atoms with Gasteiger partial charge < -0.3 is 5.32 Å². The average Bonchev–Trinajstić information content (AvgIpc) is 3.27. The molecule has 185 valence electrons. The van der Waals surface area contributed by atoms with E-state index in [4.69, 9.17) is 25.7 Å². The van der Waals surface area contributed by atoms with E-state index in [-0.39, 0.29) is 11.7 Å². The molecular formula is C24H34Cl2F3N2Ni. The van der Waals surface area contributed by atoms with Crippen molar-refractivity contribution in [3.05, 3.63) is 35.1 Å². The number of alkyl halides is 3. The van der Waals surface area contributed by atoms with Gasteiger partial charge in [-0.2, -0.15) is 13.2 Å². The van der Waals surface area contributed by atoms with Crippen LogP contribution < -0.4 is 0 Å². The summed E-state index contributed by atoms with van der Waals surface area (Å²) in [6.45, 7) is 11.3. The standard InChI is InChI=1S/C24H34F3N2.2ClH.Ni/c1-14-15(2)17(4)20(16(14)3)12-10-19-11-13-22(29-19)18(5)28-23-9-7-6-8-21(23)24(25,26)27;;;/h6-9,14-17,19-20,22H,10-13H2,1-5H3;2*1H;/q-1;;;+3/p-2. The van der Waals surface area contributed by atoms with E-state index in [2.05, 4.69) is 32.7 Å². The van der Waals surface area contributed by atoms with E-state index in [0.717, 1.165) is 54.9 Å². The Kier molecular flexibility index (Phi) is 10.9. The van der Waals surface area contributed by atoms with Crippen molar-refractivity contribution < 1.29 is 25.8 Å². The van der Waals surface area contributed by atoms with Gasteiger partial charge >= 0.3 is 39.2 Å². The van der Waals surface area contributed by atoms with Crippen LogP contribution >= 0.6 is 20.4 Å². The van der Waals surface area contributed by atoms with Crippen LogP contribution in [0.4, 0.5) is 18.9 Å². The molecule has 0 spiro atoms. The summed E-state index contributed by atoms with van der Waals surface area (Å²) in [4.78, 5) is 4.33. The Morgan fingerprint density at radius 3 is 2.12 bits per heavy atom. The normalized spacial score (nSPS) is 33.3. The van der Waals surface area contributed by atoms with Gasteiger partial charge in [-0.1, -0.05) is 71.6 Å². The van der Waals surface area contributed by atoms with Crippen LogP contribution in [0.3, 0.4) is 0 Å². The second-order valence-corrected chi connectivity index (χ2v) is 11.0. The molecule has 8 heteroatoms. The van der Waals surface area contributed by atoms with E-state index in [1.165, 1.54) is 18.6 Å². The van der Waals surface area contributed by atoms with E-state index >= 15 is 0 Å². The number of hydrogen-bond donors (Lipinski definition) is 0. The zero-order chi connectivity index (χ0) is 24.1. The summed E-state index contributed by atoms with van der Waals surface area (Å²) < 4.78 is 39.6. The third kappa shape index (κ3) is 7.11. The Morgan fingerprint density at radius 2 is 1.56 bits per heavy atom. The van der Waals surface area contributed by atoms with E-state index in [0.29, 0.717) is 24.4 Å².